The van der Waals surface area contributed by atoms with Gasteiger partial charge in [-0.25, -0.2) is 4.98 Å². The normalized spacial score (nSPS) is 13.7. The molecule has 9 nitrogen and oxygen atoms in total. The number of imidazole rings is 1. The van der Waals surface area contributed by atoms with Crippen molar-refractivity contribution in [2.24, 2.45) is 0 Å². The number of unbranched alkanes of at least 4 members (excludes halogenated alkanes) is 1. The monoisotopic (exact) mass is 436 g/mol. The van der Waals surface area contributed by atoms with E-state index < -0.39 is 11.9 Å². The van der Waals surface area contributed by atoms with E-state index in [2.05, 4.69) is 30.5 Å². The van der Waals surface area contributed by atoms with E-state index in [1.165, 1.54) is 0 Å². The fourth-order valence-electron chi connectivity index (χ4n) is 3.77. The van der Waals surface area contributed by atoms with Gasteiger partial charge in [-0.1, -0.05) is 6.07 Å². The summed E-state index contributed by atoms with van der Waals surface area (Å²) in [5.41, 5.74) is 2.58. The Morgan fingerprint density at radius 2 is 2.19 bits per heavy atom. The van der Waals surface area contributed by atoms with E-state index in [1.807, 2.05) is 18.2 Å². The molecule has 0 bridgehead atoms. The molecule has 2 aromatic heterocycles. The van der Waals surface area contributed by atoms with Crippen molar-refractivity contribution in [3.8, 4) is 5.75 Å². The van der Waals surface area contributed by atoms with Crippen LogP contribution in [-0.2, 0) is 4.79 Å². The van der Waals surface area contributed by atoms with E-state index >= 15 is 0 Å². The third kappa shape index (κ3) is 5.48. The fraction of sp³-hybridized carbons (Fsp3) is 0.348. The van der Waals surface area contributed by atoms with Gasteiger partial charge in [-0.2, -0.15) is 0 Å². The van der Waals surface area contributed by atoms with Gasteiger partial charge < -0.3 is 30.4 Å². The summed E-state index contributed by atoms with van der Waals surface area (Å²) in [4.78, 5) is 25.3. The van der Waals surface area contributed by atoms with Gasteiger partial charge in [-0.3, -0.25) is 9.78 Å². The lowest BCUT2D eigenvalue weighted by Gasteiger charge is -2.31. The Balaban J connectivity index is 1.30. The van der Waals surface area contributed by atoms with Gasteiger partial charge in [0.1, 0.15) is 18.3 Å². The molecule has 4 rings (SSSR count). The summed E-state index contributed by atoms with van der Waals surface area (Å²) in [6.07, 6.45) is 8.86. The molecule has 0 saturated carbocycles. The van der Waals surface area contributed by atoms with Gasteiger partial charge in [-0.15, -0.1) is 0 Å². The second kappa shape index (κ2) is 10.5. The SMILES string of the molecule is O=C(O)C(CNc1ccc2c(c1)OCCN2CCCCNc1ncc[nH]1)c1cccnc1. The number of ether oxygens (including phenoxy) is 1. The van der Waals surface area contributed by atoms with Gasteiger partial charge in [0.05, 0.1) is 12.2 Å². The first-order valence-electron chi connectivity index (χ1n) is 10.8. The topological polar surface area (TPSA) is 115 Å². The largest absolute Gasteiger partial charge is 0.489 e. The van der Waals surface area contributed by atoms with Crippen molar-refractivity contribution >= 4 is 23.3 Å². The molecule has 1 atom stereocenters. The van der Waals surface area contributed by atoms with E-state index in [9.17, 15) is 9.90 Å². The van der Waals surface area contributed by atoms with Crippen LogP contribution in [0.2, 0.25) is 0 Å². The van der Waals surface area contributed by atoms with Crippen LogP contribution in [0.1, 0.15) is 24.3 Å². The maximum atomic E-state index is 11.7. The summed E-state index contributed by atoms with van der Waals surface area (Å²) in [5, 5.41) is 16.1. The maximum absolute atomic E-state index is 11.7. The highest BCUT2D eigenvalue weighted by molar-refractivity contribution is 5.77. The van der Waals surface area contributed by atoms with Crippen LogP contribution >= 0.6 is 0 Å². The summed E-state index contributed by atoms with van der Waals surface area (Å²) in [6.45, 7) is 3.58. The van der Waals surface area contributed by atoms with E-state index in [1.54, 1.807) is 36.9 Å². The molecule has 1 aliphatic rings. The van der Waals surface area contributed by atoms with Gasteiger partial charge in [0.25, 0.3) is 0 Å². The fourth-order valence-corrected chi connectivity index (χ4v) is 3.77. The van der Waals surface area contributed by atoms with Crippen LogP contribution in [0.25, 0.3) is 0 Å². The Labute approximate surface area is 186 Å². The third-order valence-corrected chi connectivity index (χ3v) is 5.46. The van der Waals surface area contributed by atoms with E-state index in [4.69, 9.17) is 4.74 Å². The number of aromatic nitrogens is 3. The van der Waals surface area contributed by atoms with E-state index in [0.29, 0.717) is 12.2 Å². The molecule has 1 aliphatic heterocycles. The van der Waals surface area contributed by atoms with Crippen LogP contribution < -0.4 is 20.3 Å². The molecule has 168 valence electrons. The number of pyridine rings is 1. The zero-order valence-corrected chi connectivity index (χ0v) is 17.8. The standard InChI is InChI=1S/C23H28N6O3/c30-22(31)19(17-4-3-7-24-15-17)16-28-18-5-6-20-21(14-18)32-13-12-29(20)11-2-1-8-25-23-26-9-10-27-23/h3-7,9-10,14-15,19,28H,1-2,8,11-13,16H2,(H,30,31)(H2,25,26,27). The predicted octanol–water partition coefficient (Wildman–Crippen LogP) is 3.18. The molecule has 0 fully saturated rings. The van der Waals surface area contributed by atoms with E-state index in [0.717, 1.165) is 55.5 Å². The lowest BCUT2D eigenvalue weighted by Crippen LogP contribution is -2.33. The minimum absolute atomic E-state index is 0.270. The Hall–Kier alpha value is -3.75. The number of hydrogen-bond acceptors (Lipinski definition) is 7. The summed E-state index contributed by atoms with van der Waals surface area (Å²) in [6, 6.07) is 9.49. The zero-order valence-electron chi connectivity index (χ0n) is 17.8. The first-order valence-corrected chi connectivity index (χ1v) is 10.8. The highest BCUT2D eigenvalue weighted by atomic mass is 16.5. The Morgan fingerprint density at radius 1 is 1.25 bits per heavy atom. The van der Waals surface area contributed by atoms with Crippen LogP contribution in [0.5, 0.6) is 5.75 Å². The highest BCUT2D eigenvalue weighted by Crippen LogP contribution is 2.34. The Bertz CT molecular complexity index is 996. The minimum atomic E-state index is -0.882. The molecule has 0 amide bonds. The number of fused-ring (bicyclic) bond motifs is 1. The van der Waals surface area contributed by atoms with Crippen molar-refractivity contribution in [1.82, 2.24) is 15.0 Å². The molecule has 1 aromatic carbocycles. The first-order chi connectivity index (χ1) is 15.7. The second-order valence-electron chi connectivity index (χ2n) is 7.65. The number of rotatable bonds is 11. The number of carbonyl (C=O) groups is 1. The van der Waals surface area contributed by atoms with Crippen LogP contribution in [-0.4, -0.2) is 58.8 Å². The number of benzene rings is 1. The van der Waals surface area contributed by atoms with Gasteiger partial charge in [0.2, 0.25) is 0 Å². The smallest absolute Gasteiger partial charge is 0.312 e. The van der Waals surface area contributed by atoms with Crippen LogP contribution in [0, 0.1) is 0 Å². The van der Waals surface area contributed by atoms with Crippen molar-refractivity contribution in [1.29, 1.82) is 0 Å². The van der Waals surface area contributed by atoms with Crippen molar-refractivity contribution < 1.29 is 14.6 Å². The second-order valence-corrected chi connectivity index (χ2v) is 7.65. The number of hydrogen-bond donors (Lipinski definition) is 4. The highest BCUT2D eigenvalue weighted by Gasteiger charge is 2.21. The molecular weight excluding hydrogens is 408 g/mol. The molecule has 0 aliphatic carbocycles. The number of nitrogens with one attached hydrogen (secondary N) is 3. The number of carboxylic acids is 1. The van der Waals surface area contributed by atoms with E-state index in [-0.39, 0.29) is 6.54 Å². The lowest BCUT2D eigenvalue weighted by molar-refractivity contribution is -0.138. The molecule has 3 aromatic rings. The number of H-pyrrole nitrogens is 1. The molecular formula is C23H28N6O3. The number of aromatic amines is 1. The van der Waals surface area contributed by atoms with Gasteiger partial charge in [0, 0.05) is 56.2 Å². The molecule has 0 spiro atoms. The lowest BCUT2D eigenvalue weighted by atomic mass is 10.0. The van der Waals surface area contributed by atoms with Crippen LogP contribution in [0.3, 0.4) is 0 Å². The third-order valence-electron chi connectivity index (χ3n) is 5.46. The summed E-state index contributed by atoms with van der Waals surface area (Å²) < 4.78 is 5.88. The van der Waals surface area contributed by atoms with Crippen molar-refractivity contribution in [2.45, 2.75) is 18.8 Å². The van der Waals surface area contributed by atoms with Crippen molar-refractivity contribution in [3.63, 3.8) is 0 Å². The van der Waals surface area contributed by atoms with Gasteiger partial charge in [-0.05, 0) is 36.6 Å². The molecule has 32 heavy (non-hydrogen) atoms. The van der Waals surface area contributed by atoms with Crippen molar-refractivity contribution in [3.05, 3.63) is 60.7 Å². The molecule has 4 N–H and O–H groups in total. The summed E-state index contributed by atoms with van der Waals surface area (Å²) >= 11 is 0. The Kier molecular flexibility index (Phi) is 7.06. The van der Waals surface area contributed by atoms with Gasteiger partial charge in [0.15, 0.2) is 5.95 Å². The van der Waals surface area contributed by atoms with Crippen LogP contribution in [0.4, 0.5) is 17.3 Å². The molecule has 1 unspecified atom stereocenters. The molecule has 0 radical (unpaired) electrons. The quantitative estimate of drug-likeness (QED) is 0.339. The van der Waals surface area contributed by atoms with Crippen molar-refractivity contribution in [2.75, 3.05) is 48.3 Å². The number of aliphatic carboxylic acids is 1. The zero-order chi connectivity index (χ0) is 22.2. The average molecular weight is 437 g/mol. The summed E-state index contributed by atoms with van der Waals surface area (Å²) in [7, 11) is 0. The first kappa shape index (κ1) is 21.5. The molecule has 9 heteroatoms. The molecule has 3 heterocycles. The Morgan fingerprint density at radius 3 is 2.97 bits per heavy atom. The maximum Gasteiger partial charge on any atom is 0.312 e. The number of anilines is 3. The minimum Gasteiger partial charge on any atom is -0.489 e. The van der Waals surface area contributed by atoms with Gasteiger partial charge >= 0.3 is 5.97 Å². The predicted molar refractivity (Wildman–Crippen MR) is 124 cm³/mol. The van der Waals surface area contributed by atoms with Crippen LogP contribution in [0.15, 0.2) is 55.1 Å². The number of carboxylic acid groups (broad SMARTS) is 1. The summed E-state index contributed by atoms with van der Waals surface area (Å²) in [5.74, 6) is 0.0676. The molecule has 0 saturated heterocycles. The number of nitrogens with zero attached hydrogens (tertiary/aromatic N) is 3. The average Bonchev–Trinajstić information content (AvgIpc) is 3.33.